The maximum Gasteiger partial charge on any atom is 0.421 e. The number of nitrogens with zero attached hydrogens (tertiary/aromatic N) is 1. The first-order valence-electron chi connectivity index (χ1n) is 9.49. The molecule has 0 aliphatic heterocycles. The van der Waals surface area contributed by atoms with E-state index in [1.54, 1.807) is 12.1 Å². The van der Waals surface area contributed by atoms with E-state index < -0.39 is 36.6 Å². The summed E-state index contributed by atoms with van der Waals surface area (Å²) in [5.41, 5.74) is 0.465. The first kappa shape index (κ1) is 26.8. The molecule has 0 unspecified atom stereocenters. The van der Waals surface area contributed by atoms with E-state index >= 15 is 0 Å². The smallest absolute Gasteiger partial charge is 0.421 e. The molecule has 0 aliphatic carbocycles. The molecular formula is C21H25NO10S2. The number of carbonyl (C=O) groups is 1. The third-order valence-corrected chi connectivity index (χ3v) is 7.74. The average molecular weight is 516 g/mol. The SMILES string of the molecule is COc1cc(OC)c(C=CS(=O)(=O)Cc2ccc(OC)c(S(=O)(=O)N(C)C(=O)O)c2)c(OC)c1. The van der Waals surface area contributed by atoms with Gasteiger partial charge in [0.2, 0.25) is 0 Å². The Kier molecular flexibility index (Phi) is 8.40. The zero-order valence-corrected chi connectivity index (χ0v) is 20.8. The monoisotopic (exact) mass is 515 g/mol. The molecule has 2 aromatic rings. The van der Waals surface area contributed by atoms with Crippen LogP contribution in [0.15, 0.2) is 40.6 Å². The molecule has 2 aromatic carbocycles. The van der Waals surface area contributed by atoms with Gasteiger partial charge >= 0.3 is 6.09 Å². The third kappa shape index (κ3) is 5.91. The van der Waals surface area contributed by atoms with Gasteiger partial charge in [-0.05, 0) is 23.8 Å². The fourth-order valence-electron chi connectivity index (χ4n) is 2.91. The number of benzene rings is 2. The second-order valence-electron chi connectivity index (χ2n) is 6.80. The van der Waals surface area contributed by atoms with E-state index in [1.807, 2.05) is 0 Å². The lowest BCUT2D eigenvalue weighted by Crippen LogP contribution is -2.32. The second-order valence-corrected chi connectivity index (χ2v) is 10.6. The normalized spacial score (nSPS) is 11.8. The molecule has 0 bridgehead atoms. The average Bonchev–Trinajstić information content (AvgIpc) is 2.81. The zero-order valence-electron chi connectivity index (χ0n) is 19.1. The van der Waals surface area contributed by atoms with E-state index in [9.17, 15) is 21.6 Å². The van der Waals surface area contributed by atoms with E-state index in [0.29, 0.717) is 22.8 Å². The number of sulfonamides is 1. The highest BCUT2D eigenvalue weighted by molar-refractivity contribution is 7.93. The molecule has 0 spiro atoms. The van der Waals surface area contributed by atoms with Crippen LogP contribution in [0.5, 0.6) is 23.0 Å². The van der Waals surface area contributed by atoms with Crippen molar-refractivity contribution in [2.45, 2.75) is 10.6 Å². The molecule has 11 nitrogen and oxygen atoms in total. The predicted molar refractivity (Wildman–Crippen MR) is 124 cm³/mol. The van der Waals surface area contributed by atoms with Crippen LogP contribution < -0.4 is 18.9 Å². The number of rotatable bonds is 10. The van der Waals surface area contributed by atoms with Gasteiger partial charge in [0.05, 0.1) is 39.8 Å². The molecule has 0 heterocycles. The van der Waals surface area contributed by atoms with Crippen molar-refractivity contribution < 1.29 is 45.7 Å². The summed E-state index contributed by atoms with van der Waals surface area (Å²) < 4.78 is 71.7. The van der Waals surface area contributed by atoms with E-state index in [0.717, 1.165) is 18.5 Å². The summed E-state index contributed by atoms with van der Waals surface area (Å²) in [6.45, 7) is 0. The van der Waals surface area contributed by atoms with Gasteiger partial charge in [-0.15, -0.1) is 0 Å². The predicted octanol–water partition coefficient (Wildman–Crippen LogP) is 2.61. The summed E-state index contributed by atoms with van der Waals surface area (Å²) in [7, 11) is -2.04. The van der Waals surface area contributed by atoms with Crippen LogP contribution in [-0.2, 0) is 25.6 Å². The summed E-state index contributed by atoms with van der Waals surface area (Å²) in [5, 5.41) is 10.0. The van der Waals surface area contributed by atoms with Gasteiger partial charge in [-0.1, -0.05) is 6.07 Å². The fourth-order valence-corrected chi connectivity index (χ4v) is 5.20. The molecule has 34 heavy (non-hydrogen) atoms. The Morgan fingerprint density at radius 2 is 1.47 bits per heavy atom. The second kappa shape index (κ2) is 10.7. The molecule has 0 fully saturated rings. The summed E-state index contributed by atoms with van der Waals surface area (Å²) in [5.74, 6) is 0.395. The molecule has 1 amide bonds. The molecule has 0 aromatic heterocycles. The number of amides is 1. The van der Waals surface area contributed by atoms with E-state index in [1.165, 1.54) is 46.6 Å². The Morgan fingerprint density at radius 1 is 0.912 bits per heavy atom. The van der Waals surface area contributed by atoms with Crippen molar-refractivity contribution in [2.24, 2.45) is 0 Å². The van der Waals surface area contributed by atoms with Gasteiger partial charge in [0, 0.05) is 24.6 Å². The van der Waals surface area contributed by atoms with Crippen LogP contribution in [0, 0.1) is 0 Å². The van der Waals surface area contributed by atoms with Gasteiger partial charge in [0.15, 0.2) is 9.84 Å². The molecule has 0 aliphatic rings. The summed E-state index contributed by atoms with van der Waals surface area (Å²) in [6, 6.07) is 6.82. The van der Waals surface area contributed by atoms with E-state index in [2.05, 4.69) is 0 Å². The van der Waals surface area contributed by atoms with Gasteiger partial charge in [-0.2, -0.15) is 0 Å². The highest BCUT2D eigenvalue weighted by atomic mass is 32.2. The van der Waals surface area contributed by atoms with Crippen LogP contribution in [-0.4, -0.2) is 67.8 Å². The Balaban J connectivity index is 2.45. The van der Waals surface area contributed by atoms with Crippen LogP contribution in [0.3, 0.4) is 0 Å². The minimum absolute atomic E-state index is 0.108. The van der Waals surface area contributed by atoms with Crippen molar-refractivity contribution in [3.8, 4) is 23.0 Å². The Hall–Kier alpha value is -3.45. The van der Waals surface area contributed by atoms with Gasteiger partial charge in [0.1, 0.15) is 27.9 Å². The molecule has 1 N–H and O–H groups in total. The van der Waals surface area contributed by atoms with Crippen LogP contribution in [0.2, 0.25) is 0 Å². The maximum atomic E-state index is 12.8. The highest BCUT2D eigenvalue weighted by Crippen LogP contribution is 2.35. The summed E-state index contributed by atoms with van der Waals surface area (Å²) in [6.07, 6.45) is -0.406. The topological polar surface area (TPSA) is 146 Å². The van der Waals surface area contributed by atoms with Crippen molar-refractivity contribution in [1.82, 2.24) is 4.31 Å². The third-order valence-electron chi connectivity index (χ3n) is 4.70. The Labute approximate surface area is 198 Å². The minimum atomic E-state index is -4.49. The largest absolute Gasteiger partial charge is 0.496 e. The lowest BCUT2D eigenvalue weighted by Gasteiger charge is -2.17. The molecule has 0 saturated carbocycles. The number of carboxylic acid groups (broad SMARTS) is 1. The molecule has 0 saturated heterocycles. The molecule has 186 valence electrons. The van der Waals surface area contributed by atoms with Crippen molar-refractivity contribution in [3.63, 3.8) is 0 Å². The Bertz CT molecular complexity index is 1280. The summed E-state index contributed by atoms with van der Waals surface area (Å²) in [4.78, 5) is 10.7. The van der Waals surface area contributed by atoms with Crippen molar-refractivity contribution in [2.75, 3.05) is 35.5 Å². The van der Waals surface area contributed by atoms with Crippen molar-refractivity contribution >= 4 is 32.0 Å². The number of hydrogen-bond donors (Lipinski definition) is 1. The number of hydrogen-bond acceptors (Lipinski definition) is 9. The number of sulfone groups is 1. The Morgan fingerprint density at radius 3 is 1.94 bits per heavy atom. The maximum absolute atomic E-state index is 12.8. The van der Waals surface area contributed by atoms with Gasteiger partial charge in [-0.3, -0.25) is 0 Å². The fraction of sp³-hybridized carbons (Fsp3) is 0.286. The first-order valence-corrected chi connectivity index (χ1v) is 12.6. The van der Waals surface area contributed by atoms with Gasteiger partial charge < -0.3 is 24.1 Å². The van der Waals surface area contributed by atoms with Gasteiger partial charge in [-0.25, -0.2) is 25.9 Å². The lowest BCUT2D eigenvalue weighted by atomic mass is 10.1. The van der Waals surface area contributed by atoms with Crippen LogP contribution >= 0.6 is 0 Å². The quantitative estimate of drug-likeness (QED) is 0.501. The van der Waals surface area contributed by atoms with Crippen LogP contribution in [0.1, 0.15) is 11.1 Å². The van der Waals surface area contributed by atoms with Crippen LogP contribution in [0.25, 0.3) is 6.08 Å². The minimum Gasteiger partial charge on any atom is -0.496 e. The zero-order chi connectivity index (χ0) is 25.7. The van der Waals surface area contributed by atoms with Crippen LogP contribution in [0.4, 0.5) is 4.79 Å². The molecule has 2 rings (SSSR count). The molecule has 13 heteroatoms. The van der Waals surface area contributed by atoms with E-state index in [4.69, 9.17) is 24.1 Å². The molecular weight excluding hydrogens is 490 g/mol. The van der Waals surface area contributed by atoms with E-state index in [-0.39, 0.29) is 15.6 Å². The summed E-state index contributed by atoms with van der Waals surface area (Å²) >= 11 is 0. The van der Waals surface area contributed by atoms with Gasteiger partial charge in [0.25, 0.3) is 10.0 Å². The van der Waals surface area contributed by atoms with Crippen molar-refractivity contribution in [1.29, 1.82) is 0 Å². The van der Waals surface area contributed by atoms with Crippen molar-refractivity contribution in [3.05, 3.63) is 46.9 Å². The highest BCUT2D eigenvalue weighted by Gasteiger charge is 2.29. The lowest BCUT2D eigenvalue weighted by molar-refractivity contribution is 0.178. The number of ether oxygens (including phenoxy) is 4. The molecule has 0 atom stereocenters. The first-order chi connectivity index (χ1) is 15.9. The standard InChI is InChI=1S/C21H25NO10S2/c1-22(21(23)24)34(27,28)20-10-14(6-7-17(20)30-3)13-33(25,26)9-8-16-18(31-4)11-15(29-2)12-19(16)32-5/h6-12H,13H2,1-5H3,(H,23,24). The molecule has 0 radical (unpaired) electrons. The number of methoxy groups -OCH3 is 4.